The minimum Gasteiger partial charge on any atom is -0.416 e. The Hall–Kier alpha value is 0.0969. The molecule has 0 aromatic carbocycles. The molecule has 4 heteroatoms. The lowest BCUT2D eigenvalue weighted by Crippen LogP contribution is -2.48. The van der Waals surface area contributed by atoms with Crippen LogP contribution in [0.2, 0.25) is 18.1 Å². The van der Waals surface area contributed by atoms with Gasteiger partial charge in [-0.25, -0.2) is 0 Å². The molecule has 4 atom stereocenters. The molecule has 0 aromatic heterocycles. The van der Waals surface area contributed by atoms with E-state index in [1.807, 2.05) is 0 Å². The lowest BCUT2D eigenvalue weighted by molar-refractivity contribution is -0.153. The van der Waals surface area contributed by atoms with Gasteiger partial charge in [0.25, 0.3) is 0 Å². The van der Waals surface area contributed by atoms with E-state index in [9.17, 15) is 5.11 Å². The van der Waals surface area contributed by atoms with Gasteiger partial charge in [-0.1, -0.05) is 20.8 Å². The molecule has 3 fully saturated rings. The van der Waals surface area contributed by atoms with E-state index in [2.05, 4.69) is 33.9 Å². The second-order valence-electron chi connectivity index (χ2n) is 9.44. The summed E-state index contributed by atoms with van der Waals surface area (Å²) in [4.78, 5) is 0. The molecule has 1 spiro atoms. The van der Waals surface area contributed by atoms with E-state index in [0.717, 1.165) is 51.6 Å². The number of ether oxygens (including phenoxy) is 1. The van der Waals surface area contributed by atoms with Gasteiger partial charge in [-0.2, -0.15) is 0 Å². The molecular formula is C18H34O3Si. The van der Waals surface area contributed by atoms with E-state index < -0.39 is 13.9 Å². The molecule has 0 amide bonds. The van der Waals surface area contributed by atoms with Crippen molar-refractivity contribution < 1.29 is 14.3 Å². The number of rotatable bonds is 3. The highest BCUT2D eigenvalue weighted by atomic mass is 28.4. The van der Waals surface area contributed by atoms with Crippen molar-refractivity contribution in [1.82, 2.24) is 0 Å². The fraction of sp³-hybridized carbons (Fsp3) is 1.00. The average Bonchev–Trinajstić information content (AvgIpc) is 2.92. The predicted molar refractivity (Wildman–Crippen MR) is 91.5 cm³/mol. The minimum absolute atomic E-state index is 0.219. The average molecular weight is 327 g/mol. The van der Waals surface area contributed by atoms with Crippen molar-refractivity contribution in [2.45, 2.75) is 101 Å². The zero-order valence-electron chi connectivity index (χ0n) is 15.1. The molecule has 0 unspecified atom stereocenters. The molecule has 3 nitrogen and oxygen atoms in total. The van der Waals surface area contributed by atoms with Crippen LogP contribution in [0.25, 0.3) is 0 Å². The highest BCUT2D eigenvalue weighted by Gasteiger charge is 2.60. The summed E-state index contributed by atoms with van der Waals surface area (Å²) in [5.74, 6) is 0.461. The summed E-state index contributed by atoms with van der Waals surface area (Å²) in [5.41, 5.74) is -0.781. The molecule has 3 aliphatic rings. The van der Waals surface area contributed by atoms with E-state index in [4.69, 9.17) is 9.16 Å². The third-order valence-electron chi connectivity index (χ3n) is 7.15. The smallest absolute Gasteiger partial charge is 0.191 e. The monoisotopic (exact) mass is 326 g/mol. The Morgan fingerprint density at radius 3 is 2.55 bits per heavy atom. The topological polar surface area (TPSA) is 38.7 Å². The third-order valence-corrected chi connectivity index (χ3v) is 11.6. The Bertz CT molecular complexity index is 431. The quantitative estimate of drug-likeness (QED) is 0.788. The predicted octanol–water partition coefficient (Wildman–Crippen LogP) is 4.25. The van der Waals surface area contributed by atoms with E-state index in [0.29, 0.717) is 12.0 Å². The molecule has 22 heavy (non-hydrogen) atoms. The van der Waals surface area contributed by atoms with E-state index in [1.54, 1.807) is 0 Å². The van der Waals surface area contributed by atoms with Crippen LogP contribution in [0.3, 0.4) is 0 Å². The lowest BCUT2D eigenvalue weighted by atomic mass is 9.77. The molecule has 128 valence electrons. The van der Waals surface area contributed by atoms with Gasteiger partial charge in [0, 0.05) is 12.5 Å². The third kappa shape index (κ3) is 2.60. The second-order valence-corrected chi connectivity index (χ2v) is 14.3. The first-order valence-corrected chi connectivity index (χ1v) is 12.0. The zero-order valence-corrected chi connectivity index (χ0v) is 16.1. The molecule has 2 bridgehead atoms. The molecule has 0 aromatic rings. The van der Waals surface area contributed by atoms with Crippen molar-refractivity contribution in [3.05, 3.63) is 0 Å². The maximum Gasteiger partial charge on any atom is 0.191 e. The molecule has 1 aliphatic carbocycles. The summed E-state index contributed by atoms with van der Waals surface area (Å²) >= 11 is 0. The lowest BCUT2D eigenvalue weighted by Gasteiger charge is -2.38. The van der Waals surface area contributed by atoms with Crippen molar-refractivity contribution in [3.63, 3.8) is 0 Å². The largest absolute Gasteiger partial charge is 0.416 e. The van der Waals surface area contributed by atoms with Crippen LogP contribution in [-0.2, 0) is 9.16 Å². The fourth-order valence-corrected chi connectivity index (χ4v) is 5.52. The highest BCUT2D eigenvalue weighted by Crippen LogP contribution is 2.55. The number of hydrogen-bond acceptors (Lipinski definition) is 3. The highest BCUT2D eigenvalue weighted by molar-refractivity contribution is 6.74. The van der Waals surface area contributed by atoms with Crippen molar-refractivity contribution in [2.24, 2.45) is 5.92 Å². The van der Waals surface area contributed by atoms with Gasteiger partial charge in [0.1, 0.15) is 0 Å². The van der Waals surface area contributed by atoms with Crippen LogP contribution in [0.1, 0.15) is 65.7 Å². The Kier molecular flexibility index (Phi) is 4.08. The molecule has 2 saturated heterocycles. The van der Waals surface area contributed by atoms with Crippen molar-refractivity contribution in [2.75, 3.05) is 6.61 Å². The first kappa shape index (κ1) is 16.9. The molecule has 1 saturated carbocycles. The summed E-state index contributed by atoms with van der Waals surface area (Å²) in [6, 6.07) is 0. The molecule has 1 N–H and O–H groups in total. The van der Waals surface area contributed by atoms with Gasteiger partial charge >= 0.3 is 0 Å². The van der Waals surface area contributed by atoms with Gasteiger partial charge in [-0.15, -0.1) is 0 Å². The first-order chi connectivity index (χ1) is 10.1. The van der Waals surface area contributed by atoms with Crippen molar-refractivity contribution in [3.8, 4) is 0 Å². The van der Waals surface area contributed by atoms with E-state index in [1.165, 1.54) is 0 Å². The van der Waals surface area contributed by atoms with Crippen LogP contribution in [0.15, 0.2) is 0 Å². The molecular weight excluding hydrogens is 292 g/mol. The molecule has 2 heterocycles. The molecule has 3 rings (SSSR count). The van der Waals surface area contributed by atoms with Gasteiger partial charge in [-0.3, -0.25) is 0 Å². The maximum absolute atomic E-state index is 11.1. The van der Waals surface area contributed by atoms with Crippen molar-refractivity contribution >= 4 is 8.32 Å². The Morgan fingerprint density at radius 2 is 1.86 bits per heavy atom. The Labute approximate surface area is 136 Å². The number of hydrogen-bond donors (Lipinski definition) is 1. The molecule has 2 aliphatic heterocycles. The summed E-state index contributed by atoms with van der Waals surface area (Å²) in [6.45, 7) is 12.3. The SMILES string of the molecule is CC(C)(C)[Si](C)(C)OC[C@@H]1CC[C@@]2(O)CCC[C@]23CC[C@@H]1O3. The molecule has 0 radical (unpaired) electrons. The standard InChI is InChI=1S/C18H34O3Si/c1-16(2,3)22(4,5)20-13-14-7-11-17(19)9-6-10-18(17)12-8-15(14)21-18/h14-15,19H,6-13H2,1-5H3/t14-,15-,17-,18-/m0/s1. The normalized spacial score (nSPS) is 42.3. The van der Waals surface area contributed by atoms with E-state index >= 15 is 0 Å². The van der Waals surface area contributed by atoms with Crippen LogP contribution < -0.4 is 0 Å². The van der Waals surface area contributed by atoms with Crippen LogP contribution in [0, 0.1) is 5.92 Å². The van der Waals surface area contributed by atoms with Crippen LogP contribution >= 0.6 is 0 Å². The van der Waals surface area contributed by atoms with Gasteiger partial charge in [0.05, 0.1) is 17.3 Å². The summed E-state index contributed by atoms with van der Waals surface area (Å²) < 4.78 is 13.0. The van der Waals surface area contributed by atoms with Gasteiger partial charge < -0.3 is 14.3 Å². The van der Waals surface area contributed by atoms with Gasteiger partial charge in [0.2, 0.25) is 0 Å². The fourth-order valence-electron chi connectivity index (χ4n) is 4.45. The first-order valence-electron chi connectivity index (χ1n) is 9.13. The maximum atomic E-state index is 11.1. The van der Waals surface area contributed by atoms with E-state index in [-0.39, 0.29) is 10.6 Å². The summed E-state index contributed by atoms with van der Waals surface area (Å²) in [5, 5.41) is 11.3. The number of fused-ring (bicyclic) bond motifs is 1. The minimum atomic E-state index is -1.70. The number of aliphatic hydroxyl groups is 1. The Balaban J connectivity index is 1.68. The second kappa shape index (κ2) is 5.30. The zero-order chi connectivity index (χ0) is 16.2. The summed E-state index contributed by atoms with van der Waals surface area (Å²) in [7, 11) is -1.70. The summed E-state index contributed by atoms with van der Waals surface area (Å²) in [6.07, 6.45) is 7.50. The van der Waals surface area contributed by atoms with Gasteiger partial charge in [-0.05, 0) is 63.1 Å². The van der Waals surface area contributed by atoms with Crippen LogP contribution in [-0.4, -0.2) is 37.3 Å². The Morgan fingerprint density at radius 1 is 1.14 bits per heavy atom. The van der Waals surface area contributed by atoms with Gasteiger partial charge in [0.15, 0.2) is 8.32 Å². The van der Waals surface area contributed by atoms with Crippen LogP contribution in [0.5, 0.6) is 0 Å². The van der Waals surface area contributed by atoms with Crippen LogP contribution in [0.4, 0.5) is 0 Å². The van der Waals surface area contributed by atoms with Crippen molar-refractivity contribution in [1.29, 1.82) is 0 Å².